The molecule has 2 aromatic rings. The minimum Gasteiger partial charge on any atom is -0.462 e. The van der Waals surface area contributed by atoms with Crippen LogP contribution in [0.3, 0.4) is 0 Å². The van der Waals surface area contributed by atoms with E-state index in [1.807, 2.05) is 24.5 Å². The molecule has 0 unspecified atom stereocenters. The summed E-state index contributed by atoms with van der Waals surface area (Å²) in [5, 5.41) is 5.08. The number of hydrogen-bond acceptors (Lipinski definition) is 4. The van der Waals surface area contributed by atoms with E-state index < -0.39 is 10.0 Å². The molecule has 2 N–H and O–H groups in total. The molecule has 1 aromatic carbocycles. The number of rotatable bonds is 7. The third-order valence-corrected chi connectivity index (χ3v) is 4.83. The van der Waals surface area contributed by atoms with E-state index in [1.165, 1.54) is 0 Å². The van der Waals surface area contributed by atoms with E-state index in [9.17, 15) is 13.2 Å². The van der Waals surface area contributed by atoms with Crippen LogP contribution in [0, 0.1) is 6.92 Å². The SMILES string of the molecule is CCOC(=O)c1ccc2c(c1)n(CCCS(N)(=O)=O)c(C)[n+]2CC. The van der Waals surface area contributed by atoms with Gasteiger partial charge < -0.3 is 4.74 Å². The third-order valence-electron chi connectivity index (χ3n) is 3.98. The van der Waals surface area contributed by atoms with Gasteiger partial charge in [0.15, 0.2) is 11.0 Å². The monoisotopic (exact) mass is 354 g/mol. The standard InChI is InChI=1S/C16H24N3O4S/c1-4-18-12(3)19(9-6-10-24(17,21)22)15-11-13(7-8-14(15)18)16(20)23-5-2/h7-8,11H,4-6,9-10H2,1-3H3,(H2,17,21,22)/q+1. The van der Waals surface area contributed by atoms with Crippen LogP contribution in [-0.2, 0) is 27.8 Å². The summed E-state index contributed by atoms with van der Waals surface area (Å²) in [6.45, 7) is 7.40. The number of carbonyl (C=O) groups excluding carboxylic acids is 1. The molecule has 1 heterocycles. The van der Waals surface area contributed by atoms with Gasteiger partial charge in [-0.25, -0.2) is 27.5 Å². The van der Waals surface area contributed by atoms with Gasteiger partial charge in [0.25, 0.3) is 5.82 Å². The number of fused-ring (bicyclic) bond motifs is 1. The number of aromatic nitrogens is 2. The summed E-state index contributed by atoms with van der Waals surface area (Å²) < 4.78 is 31.5. The topological polar surface area (TPSA) is 95.3 Å². The normalized spacial score (nSPS) is 11.8. The molecule has 0 aliphatic carbocycles. The Bertz CT molecular complexity index is 856. The van der Waals surface area contributed by atoms with Gasteiger partial charge in [-0.15, -0.1) is 0 Å². The first-order chi connectivity index (χ1) is 11.3. The van der Waals surface area contributed by atoms with Crippen molar-refractivity contribution in [1.82, 2.24) is 4.57 Å². The van der Waals surface area contributed by atoms with E-state index in [-0.39, 0.29) is 11.7 Å². The first kappa shape index (κ1) is 18.4. The van der Waals surface area contributed by atoms with Gasteiger partial charge >= 0.3 is 5.97 Å². The van der Waals surface area contributed by atoms with Crippen LogP contribution in [0.15, 0.2) is 18.2 Å². The number of imidazole rings is 1. The Labute approximate surface area is 142 Å². The number of sulfonamides is 1. The maximum Gasteiger partial charge on any atom is 0.338 e. The molecule has 2 rings (SSSR count). The average molecular weight is 354 g/mol. The van der Waals surface area contributed by atoms with Crippen molar-refractivity contribution in [2.75, 3.05) is 12.4 Å². The lowest BCUT2D eigenvalue weighted by atomic mass is 10.2. The second-order valence-electron chi connectivity index (χ2n) is 5.59. The minimum absolute atomic E-state index is 0.0736. The highest BCUT2D eigenvalue weighted by atomic mass is 32.2. The van der Waals surface area contributed by atoms with Gasteiger partial charge in [0, 0.05) is 19.4 Å². The van der Waals surface area contributed by atoms with Crippen LogP contribution in [0.5, 0.6) is 0 Å². The zero-order chi connectivity index (χ0) is 17.9. The Morgan fingerprint density at radius 3 is 2.62 bits per heavy atom. The zero-order valence-electron chi connectivity index (χ0n) is 14.3. The van der Waals surface area contributed by atoms with Crippen molar-refractivity contribution in [3.05, 3.63) is 29.6 Å². The van der Waals surface area contributed by atoms with Gasteiger partial charge in [0.1, 0.15) is 0 Å². The fourth-order valence-corrected chi connectivity index (χ4v) is 3.44. The lowest BCUT2D eigenvalue weighted by molar-refractivity contribution is -0.675. The van der Waals surface area contributed by atoms with Crippen LogP contribution in [0.2, 0.25) is 0 Å². The second kappa shape index (κ2) is 7.31. The molecule has 0 bridgehead atoms. The van der Waals surface area contributed by atoms with E-state index in [2.05, 4.69) is 4.57 Å². The molecule has 0 saturated carbocycles. The quantitative estimate of drug-likeness (QED) is 0.595. The van der Waals surface area contributed by atoms with Crippen LogP contribution in [0.4, 0.5) is 0 Å². The molecule has 132 valence electrons. The van der Waals surface area contributed by atoms with Crippen LogP contribution in [0.25, 0.3) is 11.0 Å². The second-order valence-corrected chi connectivity index (χ2v) is 7.32. The molecule has 24 heavy (non-hydrogen) atoms. The number of carbonyl (C=O) groups is 1. The van der Waals surface area contributed by atoms with Gasteiger partial charge in [-0.05, 0) is 26.0 Å². The van der Waals surface area contributed by atoms with Gasteiger partial charge in [0.2, 0.25) is 10.0 Å². The number of nitrogens with zero attached hydrogens (tertiary/aromatic N) is 2. The number of esters is 1. The first-order valence-electron chi connectivity index (χ1n) is 7.98. The van der Waals surface area contributed by atoms with Crippen molar-refractivity contribution in [2.45, 2.75) is 40.3 Å². The molecule has 0 atom stereocenters. The van der Waals surface area contributed by atoms with Crippen LogP contribution in [0.1, 0.15) is 36.5 Å². The van der Waals surface area contributed by atoms with Crippen LogP contribution < -0.4 is 9.71 Å². The Balaban J connectivity index is 2.45. The van der Waals surface area contributed by atoms with Gasteiger partial charge in [-0.2, -0.15) is 0 Å². The molecule has 0 fully saturated rings. The number of ether oxygens (including phenoxy) is 1. The fraction of sp³-hybridized carbons (Fsp3) is 0.500. The number of benzene rings is 1. The van der Waals surface area contributed by atoms with E-state index in [4.69, 9.17) is 9.88 Å². The molecule has 1 aromatic heterocycles. The van der Waals surface area contributed by atoms with Crippen molar-refractivity contribution in [1.29, 1.82) is 0 Å². The number of primary sulfonamides is 1. The van der Waals surface area contributed by atoms with Crippen LogP contribution >= 0.6 is 0 Å². The lowest BCUT2D eigenvalue weighted by Crippen LogP contribution is -2.35. The Kier molecular flexibility index (Phi) is 5.61. The lowest BCUT2D eigenvalue weighted by Gasteiger charge is -2.02. The summed E-state index contributed by atoms with van der Waals surface area (Å²) in [5.74, 6) is 0.566. The fourth-order valence-electron chi connectivity index (χ4n) is 2.91. The number of nitrogens with two attached hydrogens (primary N) is 1. The highest BCUT2D eigenvalue weighted by Crippen LogP contribution is 2.18. The van der Waals surface area contributed by atoms with Crippen molar-refractivity contribution < 1.29 is 22.5 Å². The van der Waals surface area contributed by atoms with Crippen LogP contribution in [-0.4, -0.2) is 31.3 Å². The third kappa shape index (κ3) is 3.93. The van der Waals surface area contributed by atoms with Crippen molar-refractivity contribution in [2.24, 2.45) is 5.14 Å². The molecular formula is C16H24N3O4S+. The Morgan fingerprint density at radius 1 is 1.33 bits per heavy atom. The molecule has 0 aliphatic heterocycles. The van der Waals surface area contributed by atoms with Crippen molar-refractivity contribution in [3.63, 3.8) is 0 Å². The van der Waals surface area contributed by atoms with Gasteiger partial charge in [-0.1, -0.05) is 0 Å². The first-order valence-corrected chi connectivity index (χ1v) is 9.70. The van der Waals surface area contributed by atoms with Crippen molar-refractivity contribution in [3.8, 4) is 0 Å². The molecule has 0 radical (unpaired) electrons. The summed E-state index contributed by atoms with van der Waals surface area (Å²) in [6, 6.07) is 5.44. The maximum absolute atomic E-state index is 12.0. The van der Waals surface area contributed by atoms with Gasteiger partial charge in [-0.3, -0.25) is 0 Å². The molecule has 0 aliphatic rings. The predicted molar refractivity (Wildman–Crippen MR) is 91.1 cm³/mol. The van der Waals surface area contributed by atoms with E-state index in [1.54, 1.807) is 19.1 Å². The highest BCUT2D eigenvalue weighted by Gasteiger charge is 2.22. The van der Waals surface area contributed by atoms with Crippen molar-refractivity contribution >= 4 is 27.0 Å². The smallest absolute Gasteiger partial charge is 0.338 e. The minimum atomic E-state index is -3.48. The highest BCUT2D eigenvalue weighted by molar-refractivity contribution is 7.89. The molecule has 0 spiro atoms. The summed E-state index contributed by atoms with van der Waals surface area (Å²) >= 11 is 0. The van der Waals surface area contributed by atoms with E-state index in [0.717, 1.165) is 23.4 Å². The maximum atomic E-state index is 12.0. The largest absolute Gasteiger partial charge is 0.462 e. The Hall–Kier alpha value is -1.93. The predicted octanol–water partition coefficient (Wildman–Crippen LogP) is 1.11. The van der Waals surface area contributed by atoms with E-state index in [0.29, 0.717) is 25.1 Å². The molecular weight excluding hydrogens is 330 g/mol. The van der Waals surface area contributed by atoms with E-state index >= 15 is 0 Å². The Morgan fingerprint density at radius 2 is 2.04 bits per heavy atom. The average Bonchev–Trinajstić information content (AvgIpc) is 2.77. The summed E-state index contributed by atoms with van der Waals surface area (Å²) in [5.41, 5.74) is 2.37. The zero-order valence-corrected chi connectivity index (χ0v) is 15.1. The molecule has 8 heteroatoms. The summed E-state index contributed by atoms with van der Waals surface area (Å²) in [6.07, 6.45) is 0.413. The summed E-state index contributed by atoms with van der Waals surface area (Å²) in [7, 11) is -3.48. The van der Waals surface area contributed by atoms with Gasteiger partial charge in [0.05, 0.1) is 31.0 Å². The molecule has 0 saturated heterocycles. The molecule has 0 amide bonds. The number of aryl methyl sites for hydroxylation is 2. The number of hydrogen-bond donors (Lipinski definition) is 1. The molecule has 7 nitrogen and oxygen atoms in total. The summed E-state index contributed by atoms with van der Waals surface area (Å²) in [4.78, 5) is 12.0.